The van der Waals surface area contributed by atoms with Crippen molar-refractivity contribution in [3.05, 3.63) is 68.9 Å². The lowest BCUT2D eigenvalue weighted by atomic mass is 9.76. The Hall–Kier alpha value is -2.73. The largest absolute Gasteiger partial charge is 0.306 e. The molecule has 5 rings (SSSR count). The second-order valence-electron chi connectivity index (χ2n) is 8.58. The molecule has 0 amide bonds. The number of nitrogens with one attached hydrogen (secondary N) is 2. The molecule has 2 N–H and O–H groups in total. The van der Waals surface area contributed by atoms with E-state index in [-0.39, 0.29) is 11.0 Å². The molecule has 0 bridgehead atoms. The zero-order chi connectivity index (χ0) is 20.0. The fourth-order valence-corrected chi connectivity index (χ4v) is 5.04. The Morgan fingerprint density at radius 2 is 1.86 bits per heavy atom. The van der Waals surface area contributed by atoms with E-state index in [1.165, 1.54) is 5.56 Å². The molecule has 6 nitrogen and oxygen atoms in total. The molecule has 3 heterocycles. The Morgan fingerprint density at radius 1 is 1.10 bits per heavy atom. The third-order valence-electron chi connectivity index (χ3n) is 6.89. The molecule has 3 aromatic rings. The molecule has 29 heavy (non-hydrogen) atoms. The molecule has 2 aromatic heterocycles. The fourth-order valence-electron chi connectivity index (χ4n) is 5.04. The second kappa shape index (κ2) is 6.95. The molecule has 1 aromatic carbocycles. The molecule has 0 atom stereocenters. The molecule has 2 aliphatic rings. The summed E-state index contributed by atoms with van der Waals surface area (Å²) in [5, 5.41) is 7.42. The maximum Gasteiger partial charge on any atom is 0.254 e. The van der Waals surface area contributed by atoms with Gasteiger partial charge in [-0.05, 0) is 52.6 Å². The number of aromatic nitrogens is 4. The van der Waals surface area contributed by atoms with Crippen molar-refractivity contribution in [2.75, 3.05) is 13.1 Å². The quantitative estimate of drug-likeness (QED) is 0.721. The summed E-state index contributed by atoms with van der Waals surface area (Å²) in [6, 6.07) is 9.96. The highest BCUT2D eigenvalue weighted by molar-refractivity contribution is 5.55. The van der Waals surface area contributed by atoms with Crippen molar-refractivity contribution < 1.29 is 0 Å². The molecule has 1 fully saturated rings. The van der Waals surface area contributed by atoms with Crippen molar-refractivity contribution in [1.29, 1.82) is 0 Å². The van der Waals surface area contributed by atoms with Gasteiger partial charge >= 0.3 is 0 Å². The molecule has 0 unspecified atom stereocenters. The van der Waals surface area contributed by atoms with Crippen molar-refractivity contribution in [3.8, 4) is 11.4 Å². The summed E-state index contributed by atoms with van der Waals surface area (Å²) in [6.07, 6.45) is 3.99. The average Bonchev–Trinajstić information content (AvgIpc) is 3.26. The molecule has 1 spiro atoms. The first-order valence-corrected chi connectivity index (χ1v) is 10.5. The van der Waals surface area contributed by atoms with Gasteiger partial charge in [0.1, 0.15) is 5.82 Å². The van der Waals surface area contributed by atoms with Gasteiger partial charge in [0.15, 0.2) is 0 Å². The molecular weight excluding hydrogens is 362 g/mol. The van der Waals surface area contributed by atoms with Crippen LogP contribution in [0.3, 0.4) is 0 Å². The Morgan fingerprint density at radius 3 is 2.55 bits per heavy atom. The van der Waals surface area contributed by atoms with E-state index in [1.54, 1.807) is 0 Å². The van der Waals surface area contributed by atoms with Crippen LogP contribution in [0, 0.1) is 13.8 Å². The normalized spacial score (nSPS) is 18.3. The van der Waals surface area contributed by atoms with Crippen LogP contribution >= 0.6 is 0 Å². The number of benzene rings is 1. The van der Waals surface area contributed by atoms with Gasteiger partial charge in [0, 0.05) is 34.3 Å². The van der Waals surface area contributed by atoms with Crippen molar-refractivity contribution in [3.63, 3.8) is 0 Å². The lowest BCUT2D eigenvalue weighted by molar-refractivity contribution is 0.149. The summed E-state index contributed by atoms with van der Waals surface area (Å²) in [7, 11) is 0. The Labute approximate surface area is 170 Å². The van der Waals surface area contributed by atoms with E-state index in [1.807, 2.05) is 30.3 Å². The Kier molecular flexibility index (Phi) is 4.39. The first-order valence-electron chi connectivity index (χ1n) is 10.5. The summed E-state index contributed by atoms with van der Waals surface area (Å²) >= 11 is 0. The minimum absolute atomic E-state index is 0.0396. The first kappa shape index (κ1) is 18.3. The van der Waals surface area contributed by atoms with Gasteiger partial charge in [0.2, 0.25) is 0 Å². The summed E-state index contributed by atoms with van der Waals surface area (Å²) in [5.41, 5.74) is 6.58. The number of aromatic amines is 2. The van der Waals surface area contributed by atoms with E-state index in [9.17, 15) is 4.79 Å². The van der Waals surface area contributed by atoms with Crippen molar-refractivity contribution in [2.24, 2.45) is 0 Å². The molecule has 0 radical (unpaired) electrons. The topological polar surface area (TPSA) is 77.7 Å². The van der Waals surface area contributed by atoms with Crippen LogP contribution in [-0.4, -0.2) is 38.2 Å². The molecule has 1 aliphatic heterocycles. The van der Waals surface area contributed by atoms with Crippen LogP contribution in [0.2, 0.25) is 0 Å². The van der Waals surface area contributed by atoms with Gasteiger partial charge in [-0.15, -0.1) is 0 Å². The zero-order valence-corrected chi connectivity index (χ0v) is 17.1. The number of likely N-dealkylation sites (tertiary alicyclic amines) is 1. The van der Waals surface area contributed by atoms with Gasteiger partial charge in [0.05, 0.1) is 11.4 Å². The highest BCUT2D eigenvalue weighted by Crippen LogP contribution is 2.44. The SMILES string of the molecule is Cc1n[nH]c(C)c1CN1CCC2(CCc3c2nc(-c2ccccc2)[nH]c3=O)CC1. The predicted octanol–water partition coefficient (Wildman–Crippen LogP) is 3.26. The van der Waals surface area contributed by atoms with E-state index in [0.29, 0.717) is 5.82 Å². The summed E-state index contributed by atoms with van der Waals surface area (Å²) < 4.78 is 0. The molecule has 6 heteroatoms. The van der Waals surface area contributed by atoms with Crippen molar-refractivity contribution in [2.45, 2.75) is 51.5 Å². The number of aryl methyl sites for hydroxylation is 2. The van der Waals surface area contributed by atoms with E-state index >= 15 is 0 Å². The fraction of sp³-hybridized carbons (Fsp3) is 0.435. The van der Waals surface area contributed by atoms with E-state index < -0.39 is 0 Å². The number of rotatable bonds is 3. The summed E-state index contributed by atoms with van der Waals surface area (Å²) in [6.45, 7) is 7.15. The number of nitrogens with zero attached hydrogens (tertiary/aromatic N) is 3. The van der Waals surface area contributed by atoms with Crippen LogP contribution < -0.4 is 5.56 Å². The lowest BCUT2D eigenvalue weighted by Crippen LogP contribution is -2.42. The summed E-state index contributed by atoms with van der Waals surface area (Å²) in [5.74, 6) is 0.697. The van der Waals surface area contributed by atoms with Gasteiger partial charge in [0.25, 0.3) is 5.56 Å². The molecule has 150 valence electrons. The molecule has 0 saturated carbocycles. The maximum atomic E-state index is 12.8. The number of fused-ring (bicyclic) bond motifs is 2. The van der Waals surface area contributed by atoms with Crippen molar-refractivity contribution in [1.82, 2.24) is 25.1 Å². The third kappa shape index (κ3) is 3.12. The van der Waals surface area contributed by atoms with Gasteiger partial charge in [-0.1, -0.05) is 30.3 Å². The second-order valence-corrected chi connectivity index (χ2v) is 8.58. The van der Waals surface area contributed by atoms with Gasteiger partial charge in [-0.25, -0.2) is 4.98 Å². The van der Waals surface area contributed by atoms with Gasteiger partial charge in [-0.3, -0.25) is 14.8 Å². The van der Waals surface area contributed by atoms with Crippen molar-refractivity contribution >= 4 is 0 Å². The van der Waals surface area contributed by atoms with Crippen LogP contribution in [0.25, 0.3) is 11.4 Å². The number of hydrogen-bond donors (Lipinski definition) is 2. The van der Waals surface area contributed by atoms with Gasteiger partial charge in [-0.2, -0.15) is 5.10 Å². The van der Waals surface area contributed by atoms with Crippen LogP contribution in [0.15, 0.2) is 35.1 Å². The number of piperidine rings is 1. The Balaban J connectivity index is 1.40. The highest BCUT2D eigenvalue weighted by Gasteiger charge is 2.44. The smallest absolute Gasteiger partial charge is 0.254 e. The van der Waals surface area contributed by atoms with Crippen LogP contribution in [0.1, 0.15) is 47.5 Å². The standard InChI is InChI=1S/C23H27N5O/c1-15-19(16(2)27-26-15)14-28-12-10-23(11-13-28)9-8-18-20(23)24-21(25-22(18)29)17-6-4-3-5-7-17/h3-7H,8-14H2,1-2H3,(H,26,27)(H,24,25,29). The summed E-state index contributed by atoms with van der Waals surface area (Å²) in [4.78, 5) is 23.3. The van der Waals surface area contributed by atoms with Crippen LogP contribution in [0.5, 0.6) is 0 Å². The van der Waals surface area contributed by atoms with Crippen LogP contribution in [0.4, 0.5) is 0 Å². The van der Waals surface area contributed by atoms with E-state index in [0.717, 1.165) is 73.5 Å². The average molecular weight is 390 g/mol. The monoisotopic (exact) mass is 389 g/mol. The van der Waals surface area contributed by atoms with E-state index in [4.69, 9.17) is 4.98 Å². The zero-order valence-electron chi connectivity index (χ0n) is 17.1. The van der Waals surface area contributed by atoms with E-state index in [2.05, 4.69) is 33.9 Å². The molecular formula is C23H27N5O. The highest BCUT2D eigenvalue weighted by atomic mass is 16.1. The minimum atomic E-state index is 0.0396. The third-order valence-corrected chi connectivity index (χ3v) is 6.89. The van der Waals surface area contributed by atoms with Gasteiger partial charge < -0.3 is 4.98 Å². The Bertz CT molecular complexity index is 1070. The van der Waals surface area contributed by atoms with Crippen LogP contribution in [-0.2, 0) is 18.4 Å². The molecule has 1 aliphatic carbocycles. The lowest BCUT2D eigenvalue weighted by Gasteiger charge is -2.39. The minimum Gasteiger partial charge on any atom is -0.306 e. The number of hydrogen-bond acceptors (Lipinski definition) is 4. The molecule has 1 saturated heterocycles. The first-order chi connectivity index (χ1) is 14.1. The predicted molar refractivity (Wildman–Crippen MR) is 113 cm³/mol. The maximum absolute atomic E-state index is 12.8. The number of H-pyrrole nitrogens is 2.